The van der Waals surface area contributed by atoms with Crippen molar-refractivity contribution in [2.45, 2.75) is 38.1 Å². The number of hydrogen-bond acceptors (Lipinski definition) is 5. The minimum atomic E-state index is -0.418. The summed E-state index contributed by atoms with van der Waals surface area (Å²) in [6, 6.07) is 17.2. The molecule has 0 atom stereocenters. The van der Waals surface area contributed by atoms with Crippen molar-refractivity contribution >= 4 is 29.4 Å². The molecule has 1 saturated heterocycles. The molecule has 1 aliphatic heterocycles. The van der Waals surface area contributed by atoms with Crippen LogP contribution in [-0.4, -0.2) is 48.0 Å². The van der Waals surface area contributed by atoms with Gasteiger partial charge < -0.3 is 15.5 Å². The second-order valence-electron chi connectivity index (χ2n) is 9.77. The monoisotopic (exact) mass is 532 g/mol. The zero-order valence-corrected chi connectivity index (χ0v) is 22.1. The summed E-state index contributed by atoms with van der Waals surface area (Å²) in [5.74, 6) is 0.0349. The van der Waals surface area contributed by atoms with Crippen molar-refractivity contribution in [1.29, 1.82) is 0 Å². The number of benzene rings is 2. The third-order valence-electron chi connectivity index (χ3n) is 7.23. The lowest BCUT2D eigenvalue weighted by atomic mass is 9.95. The molecule has 0 spiro atoms. The Morgan fingerprint density at radius 2 is 1.61 bits per heavy atom. The molecule has 0 unspecified atom stereocenters. The van der Waals surface area contributed by atoms with Crippen LogP contribution in [0, 0.1) is 0 Å². The normalized spacial score (nSPS) is 15.5. The number of anilines is 1. The smallest absolute Gasteiger partial charge is 0.334 e. The number of urea groups is 1. The molecule has 198 valence electrons. The highest BCUT2D eigenvalue weighted by Crippen LogP contribution is 2.32. The second-order valence-corrected chi connectivity index (χ2v) is 10.2. The Bertz CT molecular complexity index is 1250. The lowest BCUT2D eigenvalue weighted by molar-refractivity contribution is 0.0946. The molecule has 2 aliphatic rings. The fourth-order valence-electron chi connectivity index (χ4n) is 5.23. The number of hydrogen-bond donors (Lipinski definition) is 4. The maximum Gasteiger partial charge on any atom is 0.334 e. The molecule has 0 radical (unpaired) electrons. The van der Waals surface area contributed by atoms with Crippen molar-refractivity contribution in [2.24, 2.45) is 0 Å². The lowest BCUT2D eigenvalue weighted by Gasteiger charge is -2.26. The van der Waals surface area contributed by atoms with Crippen molar-refractivity contribution < 1.29 is 9.59 Å². The Labute approximate surface area is 228 Å². The number of rotatable bonds is 7. The van der Waals surface area contributed by atoms with Gasteiger partial charge in [0, 0.05) is 19.3 Å². The topological polar surface area (TPSA) is 98.4 Å². The maximum absolute atomic E-state index is 12.9. The summed E-state index contributed by atoms with van der Waals surface area (Å²) in [5, 5.41) is 6.26. The van der Waals surface area contributed by atoms with Gasteiger partial charge in [0.15, 0.2) is 5.82 Å². The van der Waals surface area contributed by atoms with Crippen LogP contribution in [0.3, 0.4) is 0 Å². The van der Waals surface area contributed by atoms with Gasteiger partial charge in [-0.2, -0.15) is 0 Å². The number of nitrogens with one attached hydrogen (secondary N) is 4. The van der Waals surface area contributed by atoms with Crippen LogP contribution < -0.4 is 21.5 Å². The Hall–Kier alpha value is -3.62. The Morgan fingerprint density at radius 1 is 0.947 bits per heavy atom. The zero-order valence-electron chi connectivity index (χ0n) is 21.3. The fourth-order valence-corrected chi connectivity index (χ4v) is 5.44. The van der Waals surface area contributed by atoms with Crippen LogP contribution in [0.15, 0.2) is 60.8 Å². The van der Waals surface area contributed by atoms with Crippen LogP contribution in [0.25, 0.3) is 0 Å². The van der Waals surface area contributed by atoms with E-state index < -0.39 is 6.03 Å². The molecule has 2 heterocycles. The first-order valence-corrected chi connectivity index (χ1v) is 13.6. The molecule has 3 aromatic rings. The Morgan fingerprint density at radius 3 is 2.26 bits per heavy atom. The summed E-state index contributed by atoms with van der Waals surface area (Å²) < 4.78 is 0. The largest absolute Gasteiger partial charge is 0.351 e. The molecule has 38 heavy (non-hydrogen) atoms. The number of piperidine rings is 1. The standard InChI is InChI=1S/C29H33ClN6O2/c30-25-18-22(28(37)31-14-17-36-15-6-1-7-16-36)19-32-27(25)34-35-29(38)33-26-23-10-4-2-8-20(23)12-13-21-9-3-5-11-24(21)26/h2-5,8-11,18-19,26H,1,6-7,12-17H2,(H,31,37)(H,32,34)(H2,33,35,38). The van der Waals surface area contributed by atoms with E-state index in [9.17, 15) is 9.59 Å². The highest BCUT2D eigenvalue weighted by Gasteiger charge is 2.25. The van der Waals surface area contributed by atoms with E-state index in [1.54, 1.807) is 6.07 Å². The average molecular weight is 533 g/mol. The van der Waals surface area contributed by atoms with Gasteiger partial charge in [-0.1, -0.05) is 66.6 Å². The van der Waals surface area contributed by atoms with Gasteiger partial charge in [-0.25, -0.2) is 9.78 Å². The third kappa shape index (κ3) is 6.26. The summed E-state index contributed by atoms with van der Waals surface area (Å²) in [6.07, 6.45) is 7.00. The first-order chi connectivity index (χ1) is 18.6. The summed E-state index contributed by atoms with van der Waals surface area (Å²) in [7, 11) is 0. The van der Waals surface area contributed by atoms with Crippen molar-refractivity contribution in [2.75, 3.05) is 31.6 Å². The van der Waals surface area contributed by atoms with E-state index in [4.69, 9.17) is 11.6 Å². The maximum atomic E-state index is 12.9. The van der Waals surface area contributed by atoms with E-state index in [2.05, 4.69) is 55.6 Å². The van der Waals surface area contributed by atoms with E-state index in [-0.39, 0.29) is 22.8 Å². The fraction of sp³-hybridized carbons (Fsp3) is 0.345. The molecule has 8 nitrogen and oxygen atoms in total. The van der Waals surface area contributed by atoms with Crippen LogP contribution >= 0.6 is 11.6 Å². The molecular formula is C29H33ClN6O2. The molecule has 9 heteroatoms. The summed E-state index contributed by atoms with van der Waals surface area (Å²) in [6.45, 7) is 3.58. The van der Waals surface area contributed by atoms with Gasteiger partial charge in [0.1, 0.15) is 0 Å². The van der Waals surface area contributed by atoms with E-state index in [1.165, 1.54) is 36.6 Å². The van der Waals surface area contributed by atoms with Crippen LogP contribution in [0.1, 0.15) is 57.9 Å². The van der Waals surface area contributed by atoms with E-state index >= 15 is 0 Å². The first kappa shape index (κ1) is 26.0. The number of halogens is 1. The van der Waals surface area contributed by atoms with Crippen LogP contribution in [0.2, 0.25) is 5.02 Å². The zero-order chi connectivity index (χ0) is 26.3. The highest BCUT2D eigenvalue weighted by atomic mass is 35.5. The van der Waals surface area contributed by atoms with Crippen LogP contribution in [0.5, 0.6) is 0 Å². The number of aryl methyl sites for hydroxylation is 2. The average Bonchev–Trinajstić information content (AvgIpc) is 3.10. The summed E-state index contributed by atoms with van der Waals surface area (Å²) in [5.41, 5.74) is 10.4. The predicted octanol–water partition coefficient (Wildman–Crippen LogP) is 4.47. The van der Waals surface area contributed by atoms with E-state index in [1.807, 2.05) is 24.3 Å². The number of carbonyl (C=O) groups excluding carboxylic acids is 2. The Kier molecular flexibility index (Phi) is 8.41. The number of aromatic nitrogens is 1. The van der Waals surface area contributed by atoms with Gasteiger partial charge in [-0.15, -0.1) is 0 Å². The van der Waals surface area contributed by atoms with Crippen molar-refractivity contribution in [1.82, 2.24) is 25.9 Å². The van der Waals surface area contributed by atoms with Gasteiger partial charge >= 0.3 is 6.03 Å². The highest BCUT2D eigenvalue weighted by molar-refractivity contribution is 6.33. The number of likely N-dealkylation sites (tertiary alicyclic amines) is 1. The number of carbonyl (C=O) groups is 2. The van der Waals surface area contributed by atoms with Crippen molar-refractivity contribution in [3.63, 3.8) is 0 Å². The summed E-state index contributed by atoms with van der Waals surface area (Å²) >= 11 is 6.38. The second kappa shape index (κ2) is 12.3. The van der Waals surface area contributed by atoms with Crippen molar-refractivity contribution in [3.05, 3.63) is 93.6 Å². The molecule has 0 bridgehead atoms. The molecule has 5 rings (SSSR count). The molecular weight excluding hydrogens is 500 g/mol. The van der Waals surface area contributed by atoms with Crippen molar-refractivity contribution in [3.8, 4) is 0 Å². The first-order valence-electron chi connectivity index (χ1n) is 13.2. The molecule has 3 amide bonds. The summed E-state index contributed by atoms with van der Waals surface area (Å²) in [4.78, 5) is 32.1. The number of nitrogens with zero attached hydrogens (tertiary/aromatic N) is 2. The van der Waals surface area contributed by atoms with Gasteiger partial charge in [-0.05, 0) is 67.1 Å². The van der Waals surface area contributed by atoms with Gasteiger partial charge in [0.05, 0.1) is 16.6 Å². The molecule has 0 saturated carbocycles. The van der Waals surface area contributed by atoms with Crippen LogP contribution in [0.4, 0.5) is 10.6 Å². The number of amides is 3. The minimum absolute atomic E-state index is 0.223. The Balaban J connectivity index is 1.18. The van der Waals surface area contributed by atoms with Gasteiger partial charge in [0.2, 0.25) is 0 Å². The minimum Gasteiger partial charge on any atom is -0.351 e. The molecule has 1 fully saturated rings. The number of pyridine rings is 1. The van der Waals surface area contributed by atoms with Gasteiger partial charge in [0.25, 0.3) is 5.91 Å². The lowest BCUT2D eigenvalue weighted by Crippen LogP contribution is -2.41. The molecule has 2 aromatic carbocycles. The number of hydrazine groups is 1. The third-order valence-corrected chi connectivity index (χ3v) is 7.52. The van der Waals surface area contributed by atoms with E-state index in [0.717, 1.165) is 43.6 Å². The molecule has 1 aliphatic carbocycles. The number of fused-ring (bicyclic) bond motifs is 2. The van der Waals surface area contributed by atoms with Crippen LogP contribution in [-0.2, 0) is 12.8 Å². The molecule has 4 N–H and O–H groups in total. The quantitative estimate of drug-likeness (QED) is 0.337. The predicted molar refractivity (Wildman–Crippen MR) is 149 cm³/mol. The van der Waals surface area contributed by atoms with Gasteiger partial charge in [-0.3, -0.25) is 15.6 Å². The van der Waals surface area contributed by atoms with E-state index in [0.29, 0.717) is 12.1 Å². The SMILES string of the molecule is O=C(NNc1ncc(C(=O)NCCN2CCCCC2)cc1Cl)NC1c2ccccc2CCc2ccccc21. The molecule has 1 aromatic heterocycles.